The van der Waals surface area contributed by atoms with Crippen LogP contribution in [-0.2, 0) is 6.54 Å². The monoisotopic (exact) mass is 363 g/mol. The van der Waals surface area contributed by atoms with Gasteiger partial charge < -0.3 is 9.88 Å². The van der Waals surface area contributed by atoms with Crippen molar-refractivity contribution in [3.05, 3.63) is 83.5 Å². The van der Waals surface area contributed by atoms with Gasteiger partial charge in [-0.15, -0.1) is 0 Å². The fourth-order valence-electron chi connectivity index (χ4n) is 2.60. The molecular formula is C19H14ClN5O. The second-order valence-corrected chi connectivity index (χ2v) is 6.20. The fourth-order valence-corrected chi connectivity index (χ4v) is 2.82. The number of anilines is 1. The normalized spacial score (nSPS) is 10.8. The molecule has 6 nitrogen and oxygen atoms in total. The van der Waals surface area contributed by atoms with E-state index in [0.29, 0.717) is 22.9 Å². The predicted octanol–water partition coefficient (Wildman–Crippen LogP) is 3.78. The molecule has 0 fully saturated rings. The van der Waals surface area contributed by atoms with Gasteiger partial charge in [-0.3, -0.25) is 9.78 Å². The van der Waals surface area contributed by atoms with Crippen molar-refractivity contribution in [3.8, 4) is 0 Å². The lowest BCUT2D eigenvalue weighted by Crippen LogP contribution is -2.14. The van der Waals surface area contributed by atoms with Crippen LogP contribution in [0.15, 0.2) is 67.3 Å². The molecule has 2 aromatic heterocycles. The minimum atomic E-state index is -0.351. The number of nitrogens with one attached hydrogen (secondary N) is 1. The van der Waals surface area contributed by atoms with E-state index >= 15 is 0 Å². The molecule has 26 heavy (non-hydrogen) atoms. The van der Waals surface area contributed by atoms with Gasteiger partial charge in [0.25, 0.3) is 5.91 Å². The first kappa shape index (κ1) is 16.2. The van der Waals surface area contributed by atoms with Crippen LogP contribution in [0.3, 0.4) is 0 Å². The molecule has 0 radical (unpaired) electrons. The maximum atomic E-state index is 12.4. The van der Waals surface area contributed by atoms with E-state index in [1.165, 1.54) is 6.20 Å². The van der Waals surface area contributed by atoms with Gasteiger partial charge in [-0.1, -0.05) is 35.9 Å². The number of hydrogen-bond acceptors (Lipinski definition) is 4. The number of para-hydroxylation sites is 2. The zero-order chi connectivity index (χ0) is 17.9. The summed E-state index contributed by atoms with van der Waals surface area (Å²) in [6.07, 6.45) is 4.87. The first-order valence-corrected chi connectivity index (χ1v) is 8.34. The standard InChI is InChI=1S/C19H14ClN5O/c20-14-5-3-4-13(8-14)10-25-11-18(22-12-25)24-19(26)17-9-21-15-6-1-2-7-16(15)23-17/h1-9,11-12H,10H2,(H,24,26). The van der Waals surface area contributed by atoms with Gasteiger partial charge in [-0.2, -0.15) is 0 Å². The van der Waals surface area contributed by atoms with E-state index in [4.69, 9.17) is 11.6 Å². The second kappa shape index (κ2) is 6.93. The predicted molar refractivity (Wildman–Crippen MR) is 100 cm³/mol. The van der Waals surface area contributed by atoms with Crippen LogP contribution in [0.1, 0.15) is 16.1 Å². The fraction of sp³-hybridized carbons (Fsp3) is 0.0526. The topological polar surface area (TPSA) is 72.7 Å². The van der Waals surface area contributed by atoms with Crippen LogP contribution in [-0.4, -0.2) is 25.4 Å². The summed E-state index contributed by atoms with van der Waals surface area (Å²) in [5.74, 6) is 0.100. The Morgan fingerprint density at radius 1 is 1.08 bits per heavy atom. The van der Waals surface area contributed by atoms with Gasteiger partial charge in [0, 0.05) is 17.8 Å². The highest BCUT2D eigenvalue weighted by atomic mass is 35.5. The average molecular weight is 364 g/mol. The molecule has 0 saturated carbocycles. The van der Waals surface area contributed by atoms with Gasteiger partial charge in [0.15, 0.2) is 5.82 Å². The van der Waals surface area contributed by atoms with Crippen molar-refractivity contribution in [3.63, 3.8) is 0 Å². The third-order valence-electron chi connectivity index (χ3n) is 3.81. The van der Waals surface area contributed by atoms with Crippen LogP contribution < -0.4 is 5.32 Å². The SMILES string of the molecule is O=C(Nc1cn(Cc2cccc(Cl)c2)cn1)c1cnc2ccccc2n1. The Hall–Kier alpha value is -3.25. The number of nitrogens with zero attached hydrogens (tertiary/aromatic N) is 4. The Bertz CT molecular complexity index is 1090. The Morgan fingerprint density at radius 2 is 1.92 bits per heavy atom. The molecule has 4 aromatic rings. The quantitative estimate of drug-likeness (QED) is 0.599. The van der Waals surface area contributed by atoms with E-state index in [9.17, 15) is 4.79 Å². The zero-order valence-corrected chi connectivity index (χ0v) is 14.4. The zero-order valence-electron chi connectivity index (χ0n) is 13.6. The van der Waals surface area contributed by atoms with E-state index < -0.39 is 0 Å². The van der Waals surface area contributed by atoms with Crippen molar-refractivity contribution < 1.29 is 4.79 Å². The maximum absolute atomic E-state index is 12.4. The summed E-state index contributed by atoms with van der Waals surface area (Å²) >= 11 is 6.00. The van der Waals surface area contributed by atoms with Crippen LogP contribution in [0.5, 0.6) is 0 Å². The van der Waals surface area contributed by atoms with E-state index in [2.05, 4.69) is 20.3 Å². The molecular weight excluding hydrogens is 350 g/mol. The molecule has 0 aliphatic carbocycles. The summed E-state index contributed by atoms with van der Waals surface area (Å²) in [7, 11) is 0. The number of aromatic nitrogens is 4. The molecule has 2 aromatic carbocycles. The lowest BCUT2D eigenvalue weighted by molar-refractivity contribution is 0.102. The molecule has 0 atom stereocenters. The first-order chi connectivity index (χ1) is 12.7. The summed E-state index contributed by atoms with van der Waals surface area (Å²) in [5, 5.41) is 3.43. The number of carbonyl (C=O) groups excluding carboxylic acids is 1. The first-order valence-electron chi connectivity index (χ1n) is 7.97. The van der Waals surface area contributed by atoms with Crippen molar-refractivity contribution >= 4 is 34.4 Å². The summed E-state index contributed by atoms with van der Waals surface area (Å²) in [6, 6.07) is 15.0. The molecule has 0 bridgehead atoms. The van der Waals surface area contributed by atoms with Gasteiger partial charge >= 0.3 is 0 Å². The van der Waals surface area contributed by atoms with Gasteiger partial charge in [0.2, 0.25) is 0 Å². The number of amides is 1. The van der Waals surface area contributed by atoms with Gasteiger partial charge in [-0.05, 0) is 29.8 Å². The Morgan fingerprint density at radius 3 is 2.77 bits per heavy atom. The minimum absolute atomic E-state index is 0.244. The smallest absolute Gasteiger partial charge is 0.277 e. The summed E-state index contributed by atoms with van der Waals surface area (Å²) < 4.78 is 1.87. The Balaban J connectivity index is 1.48. The Labute approximate surface area is 154 Å². The summed E-state index contributed by atoms with van der Waals surface area (Å²) in [5.41, 5.74) is 2.71. The van der Waals surface area contributed by atoms with Gasteiger partial charge in [0.05, 0.1) is 23.6 Å². The second-order valence-electron chi connectivity index (χ2n) is 5.76. The number of rotatable bonds is 4. The number of fused-ring (bicyclic) bond motifs is 1. The average Bonchev–Trinajstić information content (AvgIpc) is 3.08. The molecule has 0 unspecified atom stereocenters. The number of imidazole rings is 1. The Kier molecular flexibility index (Phi) is 4.33. The molecule has 1 N–H and O–H groups in total. The highest BCUT2D eigenvalue weighted by Gasteiger charge is 2.11. The molecule has 0 saturated heterocycles. The summed E-state index contributed by atoms with van der Waals surface area (Å²) in [6.45, 7) is 0.610. The van der Waals surface area contributed by atoms with Crippen molar-refractivity contribution in [2.24, 2.45) is 0 Å². The van der Waals surface area contributed by atoms with Crippen molar-refractivity contribution in [2.75, 3.05) is 5.32 Å². The molecule has 0 aliphatic heterocycles. The van der Waals surface area contributed by atoms with Crippen molar-refractivity contribution in [1.29, 1.82) is 0 Å². The lowest BCUT2D eigenvalue weighted by Gasteiger charge is -2.03. The van der Waals surface area contributed by atoms with E-state index in [-0.39, 0.29) is 11.6 Å². The third kappa shape index (κ3) is 3.55. The van der Waals surface area contributed by atoms with Gasteiger partial charge in [-0.25, -0.2) is 9.97 Å². The molecule has 0 aliphatic rings. The number of benzene rings is 2. The number of hydrogen-bond donors (Lipinski definition) is 1. The lowest BCUT2D eigenvalue weighted by atomic mass is 10.2. The van der Waals surface area contributed by atoms with Crippen LogP contribution in [0.4, 0.5) is 5.82 Å². The highest BCUT2D eigenvalue weighted by Crippen LogP contribution is 2.14. The molecule has 1 amide bonds. The maximum Gasteiger partial charge on any atom is 0.277 e. The van der Waals surface area contributed by atoms with Crippen LogP contribution in [0.25, 0.3) is 11.0 Å². The highest BCUT2D eigenvalue weighted by molar-refractivity contribution is 6.30. The molecule has 2 heterocycles. The van der Waals surface area contributed by atoms with Gasteiger partial charge in [0.1, 0.15) is 5.69 Å². The van der Waals surface area contributed by atoms with Crippen molar-refractivity contribution in [1.82, 2.24) is 19.5 Å². The van der Waals surface area contributed by atoms with E-state index in [1.807, 2.05) is 53.1 Å². The third-order valence-corrected chi connectivity index (χ3v) is 4.05. The number of halogens is 1. The van der Waals surface area contributed by atoms with Crippen molar-refractivity contribution in [2.45, 2.75) is 6.54 Å². The largest absolute Gasteiger partial charge is 0.331 e. The van der Waals surface area contributed by atoms with E-state index in [0.717, 1.165) is 11.1 Å². The van der Waals surface area contributed by atoms with E-state index in [1.54, 1.807) is 12.5 Å². The van der Waals surface area contributed by atoms with Crippen LogP contribution >= 0.6 is 11.6 Å². The molecule has 4 rings (SSSR count). The summed E-state index contributed by atoms with van der Waals surface area (Å²) in [4.78, 5) is 25.2. The van der Waals surface area contributed by atoms with Crippen LogP contribution in [0, 0.1) is 0 Å². The molecule has 7 heteroatoms. The molecule has 128 valence electrons. The van der Waals surface area contributed by atoms with Crippen LogP contribution in [0.2, 0.25) is 5.02 Å². The minimum Gasteiger partial charge on any atom is -0.331 e. The molecule has 0 spiro atoms. The number of carbonyl (C=O) groups is 1.